The van der Waals surface area contributed by atoms with Crippen LogP contribution in [0.5, 0.6) is 92.0 Å². The Balaban J connectivity index is 0.000000310. The number of nitrogens with zero attached hydrogens (tertiary/aromatic N) is 9. The number of likely N-dealkylation sites (N-methyl/N-ethyl adjacent to an activating group) is 2. The summed E-state index contributed by atoms with van der Waals surface area (Å²) >= 11 is 2.20. The molecule has 8 aromatic carbocycles. The van der Waals surface area contributed by atoms with Crippen LogP contribution < -0.4 is 85.1 Å². The predicted molar refractivity (Wildman–Crippen MR) is 500 cm³/mol. The Morgan fingerprint density at radius 3 is 1.26 bits per heavy atom. The van der Waals surface area contributed by atoms with Crippen molar-refractivity contribution < 1.29 is 71.8 Å². The molecule has 2 heterocycles. The number of nitriles is 3. The van der Waals surface area contributed by atoms with Crippen molar-refractivity contribution in [3.8, 4) is 110 Å². The number of ether oxygens (including phenoxy) is 12. The molecule has 668 valence electrons. The summed E-state index contributed by atoms with van der Waals surface area (Å²) in [4.78, 5) is 30.4. The number of hydrogen-bond acceptors (Lipinski definition) is 29. The molecule has 0 spiro atoms. The number of para-hydroxylation sites is 1. The highest BCUT2D eigenvalue weighted by molar-refractivity contribution is 14.1. The van der Waals surface area contributed by atoms with Gasteiger partial charge in [-0.25, -0.2) is 9.97 Å². The summed E-state index contributed by atoms with van der Waals surface area (Å²) in [6.45, 7) is 26.3. The quantitative estimate of drug-likeness (QED) is 0.00752. The van der Waals surface area contributed by atoms with E-state index in [0.717, 1.165) is 88.6 Å². The van der Waals surface area contributed by atoms with Crippen LogP contribution in [-0.4, -0.2) is 143 Å². The topological polar surface area (TPSA) is 414 Å². The average molecular weight is 1830 g/mol. The second kappa shape index (κ2) is 52.9. The number of phenolic OH excluding ortho intramolecular Hbond substituents is 2. The van der Waals surface area contributed by atoms with E-state index in [4.69, 9.17) is 85.0 Å². The number of rotatable bonds is 29. The van der Waals surface area contributed by atoms with Crippen molar-refractivity contribution in [3.63, 3.8) is 0 Å². The molecule has 1 atom stereocenters. The summed E-state index contributed by atoms with van der Waals surface area (Å²) in [5.41, 5.74) is 29.7. The average Bonchev–Trinajstić information content (AvgIpc) is 0.818. The Hall–Kier alpha value is -13.4. The van der Waals surface area contributed by atoms with Gasteiger partial charge in [-0.2, -0.15) is 25.8 Å². The third-order valence-corrected chi connectivity index (χ3v) is 19.1. The van der Waals surface area contributed by atoms with Gasteiger partial charge < -0.3 is 95.3 Å². The smallest absolute Gasteiger partial charge is 0.222 e. The van der Waals surface area contributed by atoms with E-state index in [1.165, 1.54) is 38.6 Å². The molecule has 0 aliphatic heterocycles. The lowest BCUT2D eigenvalue weighted by atomic mass is 10.0. The number of nitrogen functional groups attached to an aromatic ring is 4. The van der Waals surface area contributed by atoms with Gasteiger partial charge in [-0.15, -0.1) is 0 Å². The lowest BCUT2D eigenvalue weighted by Gasteiger charge is -2.34. The van der Waals surface area contributed by atoms with Crippen molar-refractivity contribution >= 4 is 57.6 Å². The molecule has 0 saturated heterocycles. The van der Waals surface area contributed by atoms with E-state index in [0.29, 0.717) is 52.1 Å². The first-order valence-corrected chi connectivity index (χ1v) is 40.9. The minimum absolute atomic E-state index is 0.0108. The zero-order valence-corrected chi connectivity index (χ0v) is 78.1. The molecule has 10 rings (SSSR count). The summed E-state index contributed by atoms with van der Waals surface area (Å²) in [6, 6.07) is 52.1. The van der Waals surface area contributed by atoms with E-state index >= 15 is 0 Å². The molecule has 10 aromatic rings. The van der Waals surface area contributed by atoms with Crippen molar-refractivity contribution in [1.29, 1.82) is 15.8 Å². The van der Waals surface area contributed by atoms with Gasteiger partial charge in [0.25, 0.3) is 0 Å². The van der Waals surface area contributed by atoms with Gasteiger partial charge in [0, 0.05) is 39.1 Å². The molecule has 0 aliphatic rings. The Morgan fingerprint density at radius 1 is 0.464 bits per heavy atom. The van der Waals surface area contributed by atoms with Crippen molar-refractivity contribution in [2.24, 2.45) is 0 Å². The SMILES string of the molecule is COc1cc(C(C)C)c(Oc2cnc(N)nc2N)cc1I.COc1ccc(O)c(C(C)=O)c1.COc1ccc(O)c(C(C)C)c1.COc1ccc(O/C(C#N)=C/Nc2ccccc2)c(C(C)C)c1.COc1ccc(OC(C#N)C(N(C)C)N(C)C)c(C(C)C)c1.COc1ccc(OCC#N)c(C(C)C)c1.COc1ccc(Oc2cnc(N)nc2N)c(C(C)C)c1. The fraction of sp³-hybridized carbons (Fsp3) is 0.347. The summed E-state index contributed by atoms with van der Waals surface area (Å²) in [7, 11) is 19.1. The van der Waals surface area contributed by atoms with Crippen molar-refractivity contribution in [1.82, 2.24) is 29.7 Å². The number of allylic oxidation sites excluding steroid dienone is 1. The van der Waals surface area contributed by atoms with Crippen molar-refractivity contribution in [2.45, 2.75) is 138 Å². The molecule has 11 N–H and O–H groups in total. The number of aromatic hydroxyl groups is 2. The second-order valence-corrected chi connectivity index (χ2v) is 30.9. The number of carbonyl (C=O) groups is 1. The number of ketones is 1. The van der Waals surface area contributed by atoms with Crippen LogP contribution in [0.15, 0.2) is 176 Å². The van der Waals surface area contributed by atoms with Gasteiger partial charge in [0.1, 0.15) is 105 Å². The number of hydrogen-bond donors (Lipinski definition) is 7. The van der Waals surface area contributed by atoms with Crippen LogP contribution in [0.1, 0.15) is 169 Å². The van der Waals surface area contributed by atoms with E-state index in [-0.39, 0.29) is 82.8 Å². The first-order valence-electron chi connectivity index (χ1n) is 39.8. The molecule has 0 radical (unpaired) electrons. The number of phenols is 2. The summed E-state index contributed by atoms with van der Waals surface area (Å²) < 4.78 is 65.9. The van der Waals surface area contributed by atoms with Gasteiger partial charge in [0.2, 0.25) is 23.8 Å². The minimum atomic E-state index is -0.587. The van der Waals surface area contributed by atoms with Crippen LogP contribution in [0.2, 0.25) is 0 Å². The van der Waals surface area contributed by atoms with Crippen LogP contribution >= 0.6 is 22.6 Å². The summed E-state index contributed by atoms with van der Waals surface area (Å²) in [5, 5.41) is 49.0. The maximum absolute atomic E-state index is 10.9. The number of carbonyl (C=O) groups excluding carboxylic acids is 1. The van der Waals surface area contributed by atoms with Gasteiger partial charge in [0.15, 0.2) is 35.5 Å². The fourth-order valence-corrected chi connectivity index (χ4v) is 12.3. The highest BCUT2D eigenvalue weighted by Gasteiger charge is 2.29. The zero-order chi connectivity index (χ0) is 93.3. The molecular weight excluding hydrogens is 1700 g/mol. The molecule has 29 nitrogen and oxygen atoms in total. The zero-order valence-electron chi connectivity index (χ0n) is 75.9. The molecule has 0 fully saturated rings. The lowest BCUT2D eigenvalue weighted by Crippen LogP contribution is -2.50. The number of methoxy groups -OCH3 is 7. The third kappa shape index (κ3) is 33.4. The third-order valence-electron chi connectivity index (χ3n) is 18.2. The normalized spacial score (nSPS) is 10.9. The van der Waals surface area contributed by atoms with Crippen LogP contribution in [-0.2, 0) is 0 Å². The van der Waals surface area contributed by atoms with E-state index in [1.54, 1.807) is 67.1 Å². The van der Waals surface area contributed by atoms with Gasteiger partial charge >= 0.3 is 0 Å². The number of aromatic nitrogens is 4. The largest absolute Gasteiger partial charge is 0.508 e. The molecule has 30 heteroatoms. The maximum Gasteiger partial charge on any atom is 0.222 e. The number of anilines is 5. The van der Waals surface area contributed by atoms with Gasteiger partial charge in [-0.3, -0.25) is 14.6 Å². The Bertz CT molecular complexity index is 5220. The van der Waals surface area contributed by atoms with E-state index in [9.17, 15) is 25.5 Å². The fourth-order valence-electron chi connectivity index (χ4n) is 11.6. The predicted octanol–water partition coefficient (Wildman–Crippen LogP) is 19.8. The van der Waals surface area contributed by atoms with Gasteiger partial charge in [0.05, 0.1) is 77.5 Å². The molecular formula is C95H121IN14O15. The van der Waals surface area contributed by atoms with E-state index < -0.39 is 6.10 Å². The van der Waals surface area contributed by atoms with Crippen LogP contribution in [0.3, 0.4) is 0 Å². The number of halogens is 1. The van der Waals surface area contributed by atoms with Crippen LogP contribution in [0, 0.1) is 37.6 Å². The summed E-state index contributed by atoms with van der Waals surface area (Å²) in [6.07, 6.45) is 3.78. The number of nitrogens with two attached hydrogens (primary N) is 4. The minimum Gasteiger partial charge on any atom is -0.508 e. The molecule has 0 saturated carbocycles. The standard InChI is InChI=1S/C19H20N2O2.C17H27N3O2.C14H17IN4O2.C14H18N4O2.C12H15NO2.C10H14O2.C9H10O3/c1-14(2)18-11-16(22-3)9-10-19(18)23-17(12-20)13-21-15-7-5-4-6-8-15;1-12(2)14-10-13(21-7)8-9-15(14)22-16(11-18)17(19(3)4)20(5)6;1-7(2)8-4-11(20-3)9(15)5-10(8)21-12-6-18-14(17)19-13(12)16;1-8(2)10-6-9(19-3)4-5-11(10)20-12-7-17-14(16)18-13(12)15;1-9(2)11-8-10(14-3)4-5-12(11)15-7-6-13;1-7(2)9-6-8(12-3)4-5-10(9)11;1-6(10)8-5-7(12-2)3-4-9(8)11/h4-11,13-14,21H,1-3H3;8-10,12,16-17H,1-7H3;4-7H,1-3H3,(H4,16,17,18,19);4-8H,1-3H3,(H4,15,16,17,18);4-5,8-9H,7H2,1-3H3;4-7,11H,1-3H3;3-5,11H,1-2H3/b17-13+;;;;;;. The van der Waals surface area contributed by atoms with E-state index in [2.05, 4.69) is 129 Å². The Kier molecular flexibility index (Phi) is 44.0. The summed E-state index contributed by atoms with van der Waals surface area (Å²) in [5.74, 6) is 12.4. The molecule has 0 bridgehead atoms. The first kappa shape index (κ1) is 104. The number of benzene rings is 8. The molecule has 0 amide bonds. The van der Waals surface area contributed by atoms with Gasteiger partial charge in [-0.1, -0.05) is 101 Å². The number of nitrogens with one attached hydrogen (secondary N) is 1. The first-order chi connectivity index (χ1) is 59.3. The highest BCUT2D eigenvalue weighted by Crippen LogP contribution is 2.41. The van der Waals surface area contributed by atoms with Crippen LogP contribution in [0.4, 0.5) is 29.2 Å². The van der Waals surface area contributed by atoms with E-state index in [1.807, 2.05) is 179 Å². The Morgan fingerprint density at radius 2 is 0.848 bits per heavy atom. The Labute approximate surface area is 749 Å². The van der Waals surface area contributed by atoms with Gasteiger partial charge in [-0.05, 0) is 227 Å². The maximum atomic E-state index is 10.9. The number of Topliss-reactive ketones (excluding diaryl/α,β-unsaturated/α-hetero) is 1. The molecule has 1 unspecified atom stereocenters. The molecule has 125 heavy (non-hydrogen) atoms. The molecule has 2 aromatic heterocycles. The van der Waals surface area contributed by atoms with Crippen LogP contribution in [0.25, 0.3) is 0 Å². The van der Waals surface area contributed by atoms with Crippen molar-refractivity contribution in [3.05, 3.63) is 219 Å². The second-order valence-electron chi connectivity index (χ2n) is 29.8. The lowest BCUT2D eigenvalue weighted by molar-refractivity contribution is 0.0402. The van der Waals surface area contributed by atoms with Crippen molar-refractivity contribution in [2.75, 3.05) is 113 Å². The molecule has 0 aliphatic carbocycles. The highest BCUT2D eigenvalue weighted by atomic mass is 127. The monoisotopic (exact) mass is 1820 g/mol.